The number of fused-ring (bicyclic) bond motifs is 1. The van der Waals surface area contributed by atoms with Gasteiger partial charge in [0.1, 0.15) is 0 Å². The Labute approximate surface area is 168 Å². The fraction of sp³-hybridized carbons (Fsp3) is 0.522. The van der Waals surface area contributed by atoms with Crippen LogP contribution in [0.5, 0.6) is 11.5 Å². The van der Waals surface area contributed by atoms with Crippen molar-refractivity contribution < 1.29 is 14.3 Å². The molecule has 1 aliphatic rings. The predicted molar refractivity (Wildman–Crippen MR) is 111 cm³/mol. The van der Waals surface area contributed by atoms with E-state index >= 15 is 0 Å². The van der Waals surface area contributed by atoms with Crippen molar-refractivity contribution in [3.8, 4) is 11.5 Å². The van der Waals surface area contributed by atoms with Crippen LogP contribution in [0, 0.1) is 13.8 Å². The average molecular weight is 385 g/mol. The lowest BCUT2D eigenvalue weighted by Gasteiger charge is -2.29. The molecule has 1 aromatic carbocycles. The van der Waals surface area contributed by atoms with Crippen LogP contribution >= 0.6 is 0 Å². The Balaban J connectivity index is 1.47. The molecule has 1 aromatic heterocycles. The summed E-state index contributed by atoms with van der Waals surface area (Å²) < 4.78 is 13.1. The van der Waals surface area contributed by atoms with E-state index in [0.29, 0.717) is 13.0 Å². The first-order chi connectivity index (χ1) is 13.5. The normalized spacial score (nSPS) is 13.4. The molecule has 0 unspecified atom stereocenters. The van der Waals surface area contributed by atoms with Crippen molar-refractivity contribution in [3.63, 3.8) is 0 Å². The predicted octanol–water partition coefficient (Wildman–Crippen LogP) is 4.27. The van der Waals surface area contributed by atoms with Gasteiger partial charge in [0.25, 0.3) is 0 Å². The third kappa shape index (κ3) is 4.51. The van der Waals surface area contributed by atoms with Crippen molar-refractivity contribution in [2.75, 3.05) is 20.8 Å². The van der Waals surface area contributed by atoms with Crippen LogP contribution in [0.15, 0.2) is 24.3 Å². The largest absolute Gasteiger partial charge is 0.493 e. The zero-order valence-corrected chi connectivity index (χ0v) is 17.6. The molecular formula is C23H32N2O3. The van der Waals surface area contributed by atoms with Crippen LogP contribution in [0.25, 0.3) is 0 Å². The van der Waals surface area contributed by atoms with Crippen molar-refractivity contribution in [2.24, 2.45) is 0 Å². The third-order valence-electron chi connectivity index (χ3n) is 5.76. The quantitative estimate of drug-likeness (QED) is 0.639. The number of ether oxygens (including phenoxy) is 2. The van der Waals surface area contributed by atoms with E-state index in [-0.39, 0.29) is 5.91 Å². The highest BCUT2D eigenvalue weighted by molar-refractivity contribution is 5.76. The van der Waals surface area contributed by atoms with E-state index in [1.165, 1.54) is 17.0 Å². The molecule has 0 radical (unpaired) electrons. The van der Waals surface area contributed by atoms with Gasteiger partial charge in [-0.1, -0.05) is 6.42 Å². The van der Waals surface area contributed by atoms with Gasteiger partial charge in [-0.3, -0.25) is 4.79 Å². The van der Waals surface area contributed by atoms with Gasteiger partial charge in [0.2, 0.25) is 5.91 Å². The maximum absolute atomic E-state index is 12.7. The molecule has 1 amide bonds. The van der Waals surface area contributed by atoms with Gasteiger partial charge in [0.05, 0.1) is 14.2 Å². The molecule has 5 nitrogen and oxygen atoms in total. The van der Waals surface area contributed by atoms with E-state index in [1.54, 1.807) is 14.2 Å². The standard InChI is InChI=1S/C23H32N2O3/c1-17-9-10-18(2)25(17)12-7-5-6-8-23(26)24-13-11-19-14-21(27-3)22(28-4)15-20(19)16-24/h9-10,14-15H,5-8,11-13,16H2,1-4H3. The van der Waals surface area contributed by atoms with Crippen LogP contribution in [0.3, 0.4) is 0 Å². The van der Waals surface area contributed by atoms with E-state index in [9.17, 15) is 4.79 Å². The van der Waals surface area contributed by atoms with Gasteiger partial charge in [-0.05, 0) is 68.5 Å². The summed E-state index contributed by atoms with van der Waals surface area (Å²) in [6.07, 6.45) is 4.65. The maximum atomic E-state index is 12.7. The van der Waals surface area contributed by atoms with E-state index in [4.69, 9.17) is 9.47 Å². The van der Waals surface area contributed by atoms with Gasteiger partial charge in [0, 0.05) is 37.4 Å². The van der Waals surface area contributed by atoms with Gasteiger partial charge in [0.15, 0.2) is 11.5 Å². The number of aryl methyl sites for hydroxylation is 2. The SMILES string of the molecule is COc1cc2c(cc1OC)CN(C(=O)CCCCCn1c(C)ccc1C)CC2. The van der Waals surface area contributed by atoms with Crippen molar-refractivity contribution >= 4 is 5.91 Å². The molecule has 0 atom stereocenters. The minimum Gasteiger partial charge on any atom is -0.493 e. The van der Waals surface area contributed by atoms with Crippen molar-refractivity contribution in [3.05, 3.63) is 46.8 Å². The molecule has 152 valence electrons. The second-order valence-corrected chi connectivity index (χ2v) is 7.62. The Morgan fingerprint density at radius 1 is 0.964 bits per heavy atom. The molecule has 0 saturated heterocycles. The molecule has 5 heteroatoms. The van der Waals surface area contributed by atoms with Crippen LogP contribution in [-0.2, 0) is 24.3 Å². The summed E-state index contributed by atoms with van der Waals surface area (Å²) in [5, 5.41) is 0. The fourth-order valence-corrected chi connectivity index (χ4v) is 4.03. The van der Waals surface area contributed by atoms with Gasteiger partial charge in [-0.2, -0.15) is 0 Å². The summed E-state index contributed by atoms with van der Waals surface area (Å²) in [7, 11) is 3.30. The number of benzene rings is 1. The van der Waals surface area contributed by atoms with Crippen LogP contribution < -0.4 is 9.47 Å². The topological polar surface area (TPSA) is 43.7 Å². The minimum absolute atomic E-state index is 0.258. The molecule has 0 spiro atoms. The Morgan fingerprint density at radius 2 is 1.61 bits per heavy atom. The minimum atomic E-state index is 0.258. The zero-order chi connectivity index (χ0) is 20.1. The summed E-state index contributed by atoms with van der Waals surface area (Å²) in [6.45, 7) is 6.78. The Hall–Kier alpha value is -2.43. The van der Waals surface area contributed by atoms with Crippen LogP contribution in [0.1, 0.15) is 48.2 Å². The van der Waals surface area contributed by atoms with E-state index < -0.39 is 0 Å². The molecule has 0 N–H and O–H groups in total. The first-order valence-corrected chi connectivity index (χ1v) is 10.2. The number of nitrogens with zero attached hydrogens (tertiary/aromatic N) is 2. The summed E-state index contributed by atoms with van der Waals surface area (Å²) in [5.41, 5.74) is 5.04. The molecule has 2 aromatic rings. The fourth-order valence-electron chi connectivity index (χ4n) is 4.03. The van der Waals surface area contributed by atoms with E-state index in [2.05, 4.69) is 30.5 Å². The molecule has 2 heterocycles. The summed E-state index contributed by atoms with van der Waals surface area (Å²) in [4.78, 5) is 14.6. The van der Waals surface area contributed by atoms with Crippen molar-refractivity contribution in [1.82, 2.24) is 9.47 Å². The smallest absolute Gasteiger partial charge is 0.222 e. The van der Waals surface area contributed by atoms with E-state index in [0.717, 1.165) is 55.8 Å². The average Bonchev–Trinajstić information content (AvgIpc) is 3.03. The summed E-state index contributed by atoms with van der Waals surface area (Å²) in [6, 6.07) is 8.38. The lowest BCUT2D eigenvalue weighted by atomic mass is 9.98. The number of rotatable bonds is 8. The van der Waals surface area contributed by atoms with Crippen LogP contribution in [0.4, 0.5) is 0 Å². The lowest BCUT2D eigenvalue weighted by molar-refractivity contribution is -0.132. The molecule has 1 aliphatic heterocycles. The highest BCUT2D eigenvalue weighted by atomic mass is 16.5. The molecule has 0 fully saturated rings. The lowest BCUT2D eigenvalue weighted by Crippen LogP contribution is -2.35. The number of methoxy groups -OCH3 is 2. The third-order valence-corrected chi connectivity index (χ3v) is 5.76. The zero-order valence-electron chi connectivity index (χ0n) is 17.6. The first-order valence-electron chi connectivity index (χ1n) is 10.2. The molecule has 0 aliphatic carbocycles. The maximum Gasteiger partial charge on any atom is 0.222 e. The number of amides is 1. The number of hydrogen-bond donors (Lipinski definition) is 0. The Bertz CT molecular complexity index is 806. The summed E-state index contributed by atoms with van der Waals surface area (Å²) in [5.74, 6) is 1.74. The van der Waals surface area contributed by atoms with Crippen LogP contribution in [0.2, 0.25) is 0 Å². The van der Waals surface area contributed by atoms with Gasteiger partial charge in [-0.15, -0.1) is 0 Å². The highest BCUT2D eigenvalue weighted by Crippen LogP contribution is 2.33. The Morgan fingerprint density at radius 3 is 2.25 bits per heavy atom. The highest BCUT2D eigenvalue weighted by Gasteiger charge is 2.22. The number of aromatic nitrogens is 1. The number of unbranched alkanes of at least 4 members (excludes halogenated alkanes) is 2. The molecule has 0 bridgehead atoms. The van der Waals surface area contributed by atoms with Crippen molar-refractivity contribution in [2.45, 2.75) is 59.0 Å². The number of hydrogen-bond acceptors (Lipinski definition) is 3. The van der Waals surface area contributed by atoms with Gasteiger partial charge >= 0.3 is 0 Å². The van der Waals surface area contributed by atoms with Crippen LogP contribution in [-0.4, -0.2) is 36.1 Å². The summed E-state index contributed by atoms with van der Waals surface area (Å²) >= 11 is 0. The van der Waals surface area contributed by atoms with E-state index in [1.807, 2.05) is 17.0 Å². The Kier molecular flexibility index (Phi) is 6.65. The second-order valence-electron chi connectivity index (χ2n) is 7.62. The van der Waals surface area contributed by atoms with Crippen molar-refractivity contribution in [1.29, 1.82) is 0 Å². The second kappa shape index (κ2) is 9.18. The molecule has 3 rings (SSSR count). The van der Waals surface area contributed by atoms with Gasteiger partial charge < -0.3 is 18.9 Å². The number of carbonyl (C=O) groups excluding carboxylic acids is 1. The number of carbonyl (C=O) groups is 1. The molecular weight excluding hydrogens is 352 g/mol. The molecule has 0 saturated carbocycles. The first kappa shape index (κ1) is 20.3. The molecule has 28 heavy (non-hydrogen) atoms. The van der Waals surface area contributed by atoms with Gasteiger partial charge in [-0.25, -0.2) is 0 Å². The monoisotopic (exact) mass is 384 g/mol.